The van der Waals surface area contributed by atoms with Crippen molar-refractivity contribution in [3.63, 3.8) is 0 Å². The molecule has 1 aliphatic heterocycles. The number of unbranched alkanes of at least 4 members (excludes halogenated alkanes) is 3. The van der Waals surface area contributed by atoms with Crippen molar-refractivity contribution in [2.24, 2.45) is 0 Å². The van der Waals surface area contributed by atoms with E-state index in [0.29, 0.717) is 30.1 Å². The van der Waals surface area contributed by atoms with E-state index in [1.807, 2.05) is 0 Å². The molecule has 0 unspecified atom stereocenters. The second-order valence-electron chi connectivity index (χ2n) is 9.07. The SMILES string of the molecule is C=CC(=O)OCCCCCCOc1ccc(C(=O)Oc2ccc(C3O[C@@H](C(=O)OCC)[C@H](C(=O)OCC)O3)cc2)cc1. The van der Waals surface area contributed by atoms with Crippen LogP contribution in [0.5, 0.6) is 11.5 Å². The van der Waals surface area contributed by atoms with Crippen LogP contribution in [0.2, 0.25) is 0 Å². The zero-order valence-corrected chi connectivity index (χ0v) is 23.8. The minimum absolute atomic E-state index is 0.119. The first-order chi connectivity index (χ1) is 20.4. The van der Waals surface area contributed by atoms with Crippen molar-refractivity contribution in [3.05, 3.63) is 72.3 Å². The van der Waals surface area contributed by atoms with Gasteiger partial charge in [0.2, 0.25) is 0 Å². The Bertz CT molecular complexity index is 1160. The molecule has 0 spiro atoms. The van der Waals surface area contributed by atoms with Crippen LogP contribution in [0.15, 0.2) is 61.2 Å². The lowest BCUT2D eigenvalue weighted by atomic mass is 10.2. The average molecular weight is 585 g/mol. The smallest absolute Gasteiger partial charge is 0.343 e. The van der Waals surface area contributed by atoms with Gasteiger partial charge in [0.15, 0.2) is 18.5 Å². The maximum Gasteiger partial charge on any atom is 0.343 e. The fourth-order valence-corrected chi connectivity index (χ4v) is 3.93. The number of carbonyl (C=O) groups is 4. The van der Waals surface area contributed by atoms with E-state index in [9.17, 15) is 19.2 Å². The number of hydrogen-bond acceptors (Lipinski definition) is 11. The van der Waals surface area contributed by atoms with Gasteiger partial charge in [-0.1, -0.05) is 18.7 Å². The van der Waals surface area contributed by atoms with E-state index in [-0.39, 0.29) is 19.0 Å². The standard InChI is InChI=1S/C31H36O11/c1-4-25(32)39-20-10-8-7-9-19-38-23-15-11-21(12-16-23)28(33)40-24-17-13-22(14-18-24)31-41-26(29(34)36-5-2)27(42-31)30(35)37-6-3/h4,11-18,26-27,31H,1,5-10,19-20H2,2-3H3/t26-,27-/m1/s1. The lowest BCUT2D eigenvalue weighted by molar-refractivity contribution is -0.163. The maximum atomic E-state index is 12.6. The van der Waals surface area contributed by atoms with E-state index in [4.69, 9.17) is 33.2 Å². The lowest BCUT2D eigenvalue weighted by Crippen LogP contribution is -2.39. The first-order valence-corrected chi connectivity index (χ1v) is 13.8. The van der Waals surface area contributed by atoms with Gasteiger partial charge in [-0.25, -0.2) is 19.2 Å². The van der Waals surface area contributed by atoms with Crippen LogP contribution in [-0.4, -0.2) is 62.5 Å². The van der Waals surface area contributed by atoms with E-state index < -0.39 is 42.4 Å². The van der Waals surface area contributed by atoms with Gasteiger partial charge < -0.3 is 33.2 Å². The summed E-state index contributed by atoms with van der Waals surface area (Å²) in [6.45, 7) is 7.79. The molecule has 0 N–H and O–H groups in total. The van der Waals surface area contributed by atoms with Crippen molar-refractivity contribution in [2.75, 3.05) is 26.4 Å². The quantitative estimate of drug-likeness (QED) is 0.0909. The van der Waals surface area contributed by atoms with Gasteiger partial charge in [0.1, 0.15) is 11.5 Å². The van der Waals surface area contributed by atoms with Gasteiger partial charge in [-0.05, 0) is 75.9 Å². The highest BCUT2D eigenvalue weighted by Gasteiger charge is 2.47. The zero-order chi connectivity index (χ0) is 30.3. The Hall–Kier alpha value is -4.22. The molecule has 2 atom stereocenters. The summed E-state index contributed by atoms with van der Waals surface area (Å²) in [5.74, 6) is -1.49. The van der Waals surface area contributed by atoms with Gasteiger partial charge in [-0.3, -0.25) is 0 Å². The highest BCUT2D eigenvalue weighted by atomic mass is 16.8. The van der Waals surface area contributed by atoms with Crippen LogP contribution in [0.25, 0.3) is 0 Å². The summed E-state index contributed by atoms with van der Waals surface area (Å²) in [5, 5.41) is 0. The van der Waals surface area contributed by atoms with Crippen LogP contribution in [0.1, 0.15) is 61.7 Å². The van der Waals surface area contributed by atoms with Crippen LogP contribution in [0.4, 0.5) is 0 Å². The summed E-state index contributed by atoms with van der Waals surface area (Å²) < 4.78 is 37.5. The van der Waals surface area contributed by atoms with Gasteiger partial charge in [0.25, 0.3) is 0 Å². The molecule has 226 valence electrons. The molecule has 2 aromatic rings. The van der Waals surface area contributed by atoms with E-state index in [0.717, 1.165) is 31.8 Å². The predicted octanol–water partition coefficient (Wildman–Crippen LogP) is 4.48. The normalized spacial score (nSPS) is 16.3. The molecule has 3 rings (SSSR count). The molecular weight excluding hydrogens is 548 g/mol. The Morgan fingerprint density at radius 2 is 1.29 bits per heavy atom. The second-order valence-corrected chi connectivity index (χ2v) is 9.07. The van der Waals surface area contributed by atoms with Crippen molar-refractivity contribution in [1.82, 2.24) is 0 Å². The minimum Gasteiger partial charge on any atom is -0.494 e. The van der Waals surface area contributed by atoms with E-state index in [2.05, 4.69) is 6.58 Å². The van der Waals surface area contributed by atoms with Crippen LogP contribution in [0.3, 0.4) is 0 Å². The first kappa shape index (κ1) is 32.3. The molecule has 1 aliphatic rings. The van der Waals surface area contributed by atoms with Crippen LogP contribution >= 0.6 is 0 Å². The second kappa shape index (κ2) is 16.9. The Balaban J connectivity index is 1.45. The Morgan fingerprint density at radius 3 is 1.83 bits per heavy atom. The number of esters is 4. The Kier molecular flexibility index (Phi) is 13.0. The molecule has 1 fully saturated rings. The predicted molar refractivity (Wildman–Crippen MR) is 149 cm³/mol. The van der Waals surface area contributed by atoms with Crippen LogP contribution < -0.4 is 9.47 Å². The molecule has 2 aromatic carbocycles. The molecule has 0 bridgehead atoms. The molecule has 42 heavy (non-hydrogen) atoms. The Morgan fingerprint density at radius 1 is 0.738 bits per heavy atom. The largest absolute Gasteiger partial charge is 0.494 e. The third kappa shape index (κ3) is 9.71. The fourth-order valence-electron chi connectivity index (χ4n) is 3.93. The summed E-state index contributed by atoms with van der Waals surface area (Å²) >= 11 is 0. The molecule has 11 heteroatoms. The topological polar surface area (TPSA) is 133 Å². The first-order valence-electron chi connectivity index (χ1n) is 13.8. The summed E-state index contributed by atoms with van der Waals surface area (Å²) in [6.07, 6.45) is 1.08. The van der Waals surface area contributed by atoms with Crippen molar-refractivity contribution in [2.45, 2.75) is 58.0 Å². The summed E-state index contributed by atoms with van der Waals surface area (Å²) in [5.41, 5.74) is 0.853. The van der Waals surface area contributed by atoms with Gasteiger partial charge in [0, 0.05) is 11.6 Å². The van der Waals surface area contributed by atoms with Crippen molar-refractivity contribution in [1.29, 1.82) is 0 Å². The molecule has 0 aliphatic carbocycles. The number of hydrogen-bond donors (Lipinski definition) is 0. The number of rotatable bonds is 16. The van der Waals surface area contributed by atoms with E-state index >= 15 is 0 Å². The number of carbonyl (C=O) groups excluding carboxylic acids is 4. The molecule has 0 aromatic heterocycles. The summed E-state index contributed by atoms with van der Waals surface area (Å²) in [4.78, 5) is 48.2. The minimum atomic E-state index is -1.26. The lowest BCUT2D eigenvalue weighted by Gasteiger charge is -2.13. The molecule has 0 amide bonds. The van der Waals surface area contributed by atoms with Gasteiger partial charge in [-0.2, -0.15) is 0 Å². The highest BCUT2D eigenvalue weighted by Crippen LogP contribution is 2.33. The fraction of sp³-hybridized carbons (Fsp3) is 0.419. The van der Waals surface area contributed by atoms with Crippen LogP contribution in [0, 0.1) is 0 Å². The third-order valence-corrected chi connectivity index (χ3v) is 6.02. The molecule has 1 heterocycles. The Labute approximate surface area is 244 Å². The molecule has 0 saturated carbocycles. The monoisotopic (exact) mass is 584 g/mol. The van der Waals surface area contributed by atoms with E-state index in [1.165, 1.54) is 0 Å². The van der Waals surface area contributed by atoms with Gasteiger partial charge in [-0.15, -0.1) is 0 Å². The molecule has 0 radical (unpaired) electrons. The molecular formula is C31H36O11. The van der Waals surface area contributed by atoms with Gasteiger partial charge in [0.05, 0.1) is 32.0 Å². The third-order valence-electron chi connectivity index (χ3n) is 6.02. The summed E-state index contributed by atoms with van der Waals surface area (Å²) in [7, 11) is 0. The van der Waals surface area contributed by atoms with Crippen molar-refractivity contribution >= 4 is 23.9 Å². The van der Waals surface area contributed by atoms with E-state index in [1.54, 1.807) is 62.4 Å². The zero-order valence-electron chi connectivity index (χ0n) is 23.8. The highest BCUT2D eigenvalue weighted by molar-refractivity contribution is 5.91. The van der Waals surface area contributed by atoms with Crippen LogP contribution in [-0.2, 0) is 38.1 Å². The average Bonchev–Trinajstić information content (AvgIpc) is 3.45. The maximum absolute atomic E-state index is 12.6. The van der Waals surface area contributed by atoms with Crippen molar-refractivity contribution in [3.8, 4) is 11.5 Å². The molecule has 1 saturated heterocycles. The summed E-state index contributed by atoms with van der Waals surface area (Å²) in [6, 6.07) is 12.9. The molecule has 11 nitrogen and oxygen atoms in total. The number of ether oxygens (including phenoxy) is 7. The van der Waals surface area contributed by atoms with Gasteiger partial charge >= 0.3 is 23.9 Å². The number of benzene rings is 2. The van der Waals surface area contributed by atoms with Crippen molar-refractivity contribution < 1.29 is 52.3 Å².